The van der Waals surface area contributed by atoms with Crippen molar-refractivity contribution in [3.05, 3.63) is 42.0 Å². The maximum atomic E-state index is 12.0. The molecule has 3 nitrogen and oxygen atoms in total. The number of hydrogen-bond donors (Lipinski definition) is 1. The molecule has 0 unspecified atom stereocenters. The highest BCUT2D eigenvalue weighted by atomic mass is 16.2. The van der Waals surface area contributed by atoms with E-state index in [4.69, 9.17) is 0 Å². The summed E-state index contributed by atoms with van der Waals surface area (Å²) in [6.45, 7) is 3.76. The van der Waals surface area contributed by atoms with Gasteiger partial charge in [-0.3, -0.25) is 4.79 Å². The van der Waals surface area contributed by atoms with Gasteiger partial charge < -0.3 is 5.32 Å². The molecule has 0 saturated heterocycles. The van der Waals surface area contributed by atoms with Crippen LogP contribution in [0.5, 0.6) is 0 Å². The quantitative estimate of drug-likeness (QED) is 0.858. The van der Waals surface area contributed by atoms with Gasteiger partial charge in [0.15, 0.2) is 5.41 Å². The molecule has 86 valence electrons. The van der Waals surface area contributed by atoms with Gasteiger partial charge in [0.05, 0.1) is 6.07 Å². The normalized spacial score (nSPS) is 21.6. The summed E-state index contributed by atoms with van der Waals surface area (Å²) in [5.74, 6) is -0.228. The number of hydrogen-bond acceptors (Lipinski definition) is 2. The van der Waals surface area contributed by atoms with Crippen LogP contribution >= 0.6 is 0 Å². The lowest BCUT2D eigenvalue weighted by atomic mass is 9.96. The van der Waals surface area contributed by atoms with Gasteiger partial charge in [-0.1, -0.05) is 30.3 Å². The minimum atomic E-state index is -1.05. The third kappa shape index (κ3) is 1.94. The van der Waals surface area contributed by atoms with Gasteiger partial charge in [-0.05, 0) is 31.1 Å². The first-order valence-electron chi connectivity index (χ1n) is 5.61. The Morgan fingerprint density at radius 1 is 1.35 bits per heavy atom. The molecule has 0 heterocycles. The fourth-order valence-corrected chi connectivity index (χ4v) is 1.82. The minimum absolute atomic E-state index is 0.0405. The molecule has 1 aromatic rings. The Hall–Kier alpha value is -2.08. The maximum Gasteiger partial charge on any atom is 0.249 e. The van der Waals surface area contributed by atoms with E-state index in [0.717, 1.165) is 11.1 Å². The van der Waals surface area contributed by atoms with Crippen molar-refractivity contribution in [2.45, 2.75) is 19.9 Å². The lowest BCUT2D eigenvalue weighted by Gasteiger charge is -2.13. The van der Waals surface area contributed by atoms with E-state index in [2.05, 4.69) is 11.4 Å². The zero-order valence-electron chi connectivity index (χ0n) is 9.90. The summed E-state index contributed by atoms with van der Waals surface area (Å²) in [6.07, 6.45) is 1.72. The van der Waals surface area contributed by atoms with Gasteiger partial charge in [0.25, 0.3) is 0 Å². The largest absolute Gasteiger partial charge is 0.352 e. The predicted molar refractivity (Wildman–Crippen MR) is 65.7 cm³/mol. The third-order valence-electron chi connectivity index (χ3n) is 2.74. The van der Waals surface area contributed by atoms with Gasteiger partial charge >= 0.3 is 0 Å². The maximum absolute atomic E-state index is 12.0. The molecule has 1 amide bonds. The summed E-state index contributed by atoms with van der Waals surface area (Å²) in [5, 5.41) is 12.0. The first-order chi connectivity index (χ1) is 8.10. The van der Waals surface area contributed by atoms with E-state index in [-0.39, 0.29) is 11.9 Å². The van der Waals surface area contributed by atoms with Crippen LogP contribution in [0.2, 0.25) is 0 Å². The highest BCUT2D eigenvalue weighted by Crippen LogP contribution is 2.50. The van der Waals surface area contributed by atoms with Crippen LogP contribution in [0.15, 0.2) is 36.4 Å². The number of nitrogens with zero attached hydrogens (tertiary/aromatic N) is 1. The second-order valence-corrected chi connectivity index (χ2v) is 4.47. The van der Waals surface area contributed by atoms with Gasteiger partial charge in [-0.15, -0.1) is 0 Å². The van der Waals surface area contributed by atoms with Crippen molar-refractivity contribution >= 4 is 11.5 Å². The van der Waals surface area contributed by atoms with Gasteiger partial charge in [0.2, 0.25) is 5.91 Å². The van der Waals surface area contributed by atoms with Crippen LogP contribution in [0.1, 0.15) is 19.4 Å². The molecule has 1 N–H and O–H groups in total. The molecular formula is C14H14N2O. The minimum Gasteiger partial charge on any atom is -0.352 e. The van der Waals surface area contributed by atoms with Crippen molar-refractivity contribution in [3.8, 4) is 6.07 Å². The number of benzene rings is 1. The lowest BCUT2D eigenvalue weighted by Crippen LogP contribution is -2.37. The molecule has 0 aliphatic heterocycles. The molecule has 0 fully saturated rings. The Balaban J connectivity index is 2.19. The zero-order valence-corrected chi connectivity index (χ0v) is 9.90. The molecule has 1 aliphatic carbocycles. The predicted octanol–water partition coefficient (Wildman–Crippen LogP) is 2.12. The molecule has 0 aromatic heterocycles. The molecule has 0 saturated carbocycles. The molecule has 3 heteroatoms. The monoisotopic (exact) mass is 226 g/mol. The SMILES string of the molecule is CC(C)NC(=O)[C@]1(C#N)C=C1c1ccccc1. The van der Waals surface area contributed by atoms with Crippen molar-refractivity contribution < 1.29 is 4.79 Å². The molecule has 0 spiro atoms. The number of amides is 1. The van der Waals surface area contributed by atoms with Crippen LogP contribution in [0.25, 0.3) is 5.57 Å². The molecule has 1 aliphatic rings. The average Bonchev–Trinajstić information content (AvgIpc) is 3.05. The number of carbonyl (C=O) groups excluding carboxylic acids is 1. The first-order valence-corrected chi connectivity index (χ1v) is 5.61. The molecule has 1 atom stereocenters. The topological polar surface area (TPSA) is 52.9 Å². The number of nitriles is 1. The summed E-state index contributed by atoms with van der Waals surface area (Å²) in [6, 6.07) is 11.7. The van der Waals surface area contributed by atoms with E-state index in [1.54, 1.807) is 6.08 Å². The van der Waals surface area contributed by atoms with Crippen molar-refractivity contribution in [3.63, 3.8) is 0 Å². The smallest absolute Gasteiger partial charge is 0.249 e. The van der Waals surface area contributed by atoms with Gasteiger partial charge in [0.1, 0.15) is 0 Å². The zero-order chi connectivity index (χ0) is 12.5. The fourth-order valence-electron chi connectivity index (χ4n) is 1.82. The summed E-state index contributed by atoms with van der Waals surface area (Å²) in [4.78, 5) is 12.0. The molecule has 17 heavy (non-hydrogen) atoms. The summed E-state index contributed by atoms with van der Waals surface area (Å²) < 4.78 is 0. The number of carbonyl (C=O) groups is 1. The Kier molecular flexibility index (Phi) is 2.72. The van der Waals surface area contributed by atoms with E-state index in [0.29, 0.717) is 0 Å². The molecule has 2 rings (SSSR count). The number of nitrogens with one attached hydrogen (secondary N) is 1. The van der Waals surface area contributed by atoms with Crippen LogP contribution in [0, 0.1) is 16.7 Å². The Morgan fingerprint density at radius 2 is 2.00 bits per heavy atom. The Morgan fingerprint density at radius 3 is 2.53 bits per heavy atom. The summed E-state index contributed by atoms with van der Waals surface area (Å²) in [7, 11) is 0. The van der Waals surface area contributed by atoms with Crippen LogP contribution in [-0.2, 0) is 4.79 Å². The van der Waals surface area contributed by atoms with E-state index in [1.807, 2.05) is 44.2 Å². The molecule has 0 bridgehead atoms. The van der Waals surface area contributed by atoms with E-state index >= 15 is 0 Å². The van der Waals surface area contributed by atoms with Crippen molar-refractivity contribution in [1.82, 2.24) is 5.32 Å². The van der Waals surface area contributed by atoms with Crippen molar-refractivity contribution in [1.29, 1.82) is 5.26 Å². The highest BCUT2D eigenvalue weighted by Gasteiger charge is 2.52. The summed E-state index contributed by atoms with van der Waals surface area (Å²) in [5.41, 5.74) is 0.692. The Bertz CT molecular complexity index is 511. The average molecular weight is 226 g/mol. The second-order valence-electron chi connectivity index (χ2n) is 4.47. The standard InChI is InChI=1S/C14H14N2O/c1-10(2)16-13(17)14(9-15)8-12(14)11-6-4-3-5-7-11/h3-8,10H,1-2H3,(H,16,17)/t14-/m0/s1. The first kappa shape index (κ1) is 11.4. The van der Waals surface area contributed by atoms with Crippen LogP contribution < -0.4 is 5.32 Å². The van der Waals surface area contributed by atoms with Gasteiger partial charge in [-0.25, -0.2) is 0 Å². The molecule has 1 aromatic carbocycles. The van der Waals surface area contributed by atoms with E-state index in [1.165, 1.54) is 0 Å². The van der Waals surface area contributed by atoms with Crippen molar-refractivity contribution in [2.24, 2.45) is 5.41 Å². The van der Waals surface area contributed by atoms with Crippen LogP contribution in [-0.4, -0.2) is 11.9 Å². The van der Waals surface area contributed by atoms with E-state index in [9.17, 15) is 10.1 Å². The molecule has 0 radical (unpaired) electrons. The Labute approximate surface area is 101 Å². The van der Waals surface area contributed by atoms with Crippen LogP contribution in [0.3, 0.4) is 0 Å². The number of rotatable bonds is 3. The van der Waals surface area contributed by atoms with Crippen LogP contribution in [0.4, 0.5) is 0 Å². The molecular weight excluding hydrogens is 212 g/mol. The van der Waals surface area contributed by atoms with E-state index < -0.39 is 5.41 Å². The third-order valence-corrected chi connectivity index (χ3v) is 2.74. The highest BCUT2D eigenvalue weighted by molar-refractivity contribution is 6.11. The summed E-state index contributed by atoms with van der Waals surface area (Å²) >= 11 is 0. The van der Waals surface area contributed by atoms with Gasteiger partial charge in [0, 0.05) is 6.04 Å². The second kappa shape index (κ2) is 4.06. The lowest BCUT2D eigenvalue weighted by molar-refractivity contribution is -0.123. The fraction of sp³-hybridized carbons (Fsp3) is 0.286. The van der Waals surface area contributed by atoms with Gasteiger partial charge in [-0.2, -0.15) is 5.26 Å². The van der Waals surface area contributed by atoms with Crippen molar-refractivity contribution in [2.75, 3.05) is 0 Å².